The zero-order valence-electron chi connectivity index (χ0n) is 22.0. The highest BCUT2D eigenvalue weighted by Gasteiger charge is 2.66. The van der Waals surface area contributed by atoms with Crippen LogP contribution >= 0.6 is 0 Å². The average molecular weight is 537 g/mol. The van der Waals surface area contributed by atoms with Crippen LogP contribution in [0.5, 0.6) is 17.5 Å². The van der Waals surface area contributed by atoms with Gasteiger partial charge in [-0.15, -0.1) is 0 Å². The molecule has 8 nitrogen and oxygen atoms in total. The second-order valence-corrected chi connectivity index (χ2v) is 11.1. The minimum atomic E-state index is -1.22. The highest BCUT2D eigenvalue weighted by molar-refractivity contribution is 5.99. The van der Waals surface area contributed by atoms with Crippen molar-refractivity contribution in [3.05, 3.63) is 82.4 Å². The van der Waals surface area contributed by atoms with E-state index in [4.69, 9.17) is 9.47 Å². The van der Waals surface area contributed by atoms with Crippen LogP contribution in [-0.2, 0) is 22.4 Å². The van der Waals surface area contributed by atoms with Crippen LogP contribution in [0, 0.1) is 11.3 Å². The number of benzene rings is 3. The van der Waals surface area contributed by atoms with Crippen molar-refractivity contribution in [1.29, 1.82) is 5.26 Å². The van der Waals surface area contributed by atoms with Crippen molar-refractivity contribution in [2.24, 2.45) is 0 Å². The lowest BCUT2D eigenvalue weighted by atomic mass is 9.76. The van der Waals surface area contributed by atoms with Gasteiger partial charge in [0.25, 0.3) is 0 Å². The number of Topliss-reactive ketones (excluding diaryl/α,β-unsaturated/α-hetero) is 1. The number of rotatable bonds is 5. The van der Waals surface area contributed by atoms with E-state index in [9.17, 15) is 25.4 Å². The summed E-state index contributed by atoms with van der Waals surface area (Å²) in [5, 5.41) is 45.3. The highest BCUT2D eigenvalue weighted by atomic mass is 16.6. The van der Waals surface area contributed by atoms with Gasteiger partial charge in [-0.1, -0.05) is 36.4 Å². The Morgan fingerprint density at radius 2 is 1.82 bits per heavy atom. The topological polar surface area (TPSA) is 125 Å². The number of carbonyl (C=O) groups excluding carboxylic acids is 1. The summed E-state index contributed by atoms with van der Waals surface area (Å²) < 4.78 is 14.0. The van der Waals surface area contributed by atoms with E-state index in [0.717, 1.165) is 18.4 Å². The van der Waals surface area contributed by atoms with E-state index >= 15 is 0 Å². The Hall–Kier alpha value is -4.32. The third kappa shape index (κ3) is 3.22. The fourth-order valence-electron chi connectivity index (χ4n) is 7.03. The van der Waals surface area contributed by atoms with Crippen LogP contribution in [0.4, 0.5) is 0 Å². The standard InChI is InChI=1S/C32H28N2O6/c1-31-26(36)16-32(40-31,14-15-39-25-11-5-8-21-22(25)9-4-10-24(21)35)28-27(31)29(37)34(30(28)38)23-13-12-18(17-33)19-6-2-3-7-20(19)23/h2-3,5-8,11-13,26,36-38H,4,9-10,14-16H2,1H3/t26?,31-,32+/m1/s1. The lowest BCUT2D eigenvalue weighted by Crippen LogP contribution is -2.33. The summed E-state index contributed by atoms with van der Waals surface area (Å²) in [4.78, 5) is 12.4. The first-order chi connectivity index (χ1) is 19.3. The number of ether oxygens (including phenoxy) is 2. The zero-order valence-corrected chi connectivity index (χ0v) is 22.0. The molecule has 3 atom stereocenters. The minimum absolute atomic E-state index is 0.126. The lowest BCUT2D eigenvalue weighted by molar-refractivity contribution is -0.107. The van der Waals surface area contributed by atoms with Crippen molar-refractivity contribution in [1.82, 2.24) is 4.57 Å². The maximum Gasteiger partial charge on any atom is 0.205 e. The summed E-state index contributed by atoms with van der Waals surface area (Å²) in [7, 11) is 0. The number of aliphatic hydroxyl groups is 1. The van der Waals surface area contributed by atoms with E-state index < -0.39 is 17.3 Å². The first-order valence-corrected chi connectivity index (χ1v) is 13.5. The van der Waals surface area contributed by atoms with E-state index in [1.54, 1.807) is 19.1 Å². The van der Waals surface area contributed by atoms with Crippen molar-refractivity contribution in [3.63, 3.8) is 0 Å². The number of aliphatic hydroxyl groups excluding tert-OH is 1. The number of ketones is 1. The summed E-state index contributed by atoms with van der Waals surface area (Å²) in [6.07, 6.45) is 1.75. The first kappa shape index (κ1) is 24.7. The molecule has 0 radical (unpaired) electrons. The van der Waals surface area contributed by atoms with Gasteiger partial charge < -0.3 is 24.8 Å². The molecule has 0 amide bonds. The number of aromatic hydroxyl groups is 2. The van der Waals surface area contributed by atoms with Crippen LogP contribution in [0.25, 0.3) is 16.5 Å². The number of nitrogens with zero attached hydrogens (tertiary/aromatic N) is 2. The molecule has 2 aliphatic heterocycles. The van der Waals surface area contributed by atoms with Crippen LogP contribution < -0.4 is 4.74 Å². The Bertz CT molecular complexity index is 1770. The predicted octanol–water partition coefficient (Wildman–Crippen LogP) is 5.11. The van der Waals surface area contributed by atoms with Gasteiger partial charge in [-0.25, -0.2) is 0 Å². The average Bonchev–Trinajstić information content (AvgIpc) is 3.49. The van der Waals surface area contributed by atoms with Crippen LogP contribution in [-0.4, -0.2) is 38.4 Å². The molecule has 2 bridgehead atoms. The number of hydrogen-bond donors (Lipinski definition) is 3. The quantitative estimate of drug-likeness (QED) is 0.324. The summed E-state index contributed by atoms with van der Waals surface area (Å²) >= 11 is 0. The Labute approximate surface area is 230 Å². The number of carbonyl (C=O) groups is 1. The van der Waals surface area contributed by atoms with E-state index in [2.05, 4.69) is 6.07 Å². The molecule has 1 aromatic heterocycles. The number of nitriles is 1. The van der Waals surface area contributed by atoms with Gasteiger partial charge in [0.1, 0.15) is 17.0 Å². The zero-order chi connectivity index (χ0) is 27.8. The van der Waals surface area contributed by atoms with Gasteiger partial charge in [-0.2, -0.15) is 5.26 Å². The molecular weight excluding hydrogens is 508 g/mol. The number of hydrogen-bond acceptors (Lipinski definition) is 7. The summed E-state index contributed by atoms with van der Waals surface area (Å²) in [6.45, 7) is 1.95. The summed E-state index contributed by atoms with van der Waals surface area (Å²) in [6, 6.07) is 18.4. The fourth-order valence-corrected chi connectivity index (χ4v) is 7.03. The van der Waals surface area contributed by atoms with Crippen molar-refractivity contribution < 1.29 is 29.6 Å². The van der Waals surface area contributed by atoms with E-state index in [1.165, 1.54) is 4.57 Å². The van der Waals surface area contributed by atoms with Gasteiger partial charge in [0.15, 0.2) is 5.78 Å². The molecule has 40 heavy (non-hydrogen) atoms. The second kappa shape index (κ2) is 8.59. The van der Waals surface area contributed by atoms with Gasteiger partial charge in [0.2, 0.25) is 11.8 Å². The normalized spacial score (nSPS) is 24.6. The molecule has 0 saturated carbocycles. The molecule has 1 unspecified atom stereocenters. The molecule has 7 rings (SSSR count). The molecule has 3 heterocycles. The maximum absolute atomic E-state index is 12.4. The first-order valence-electron chi connectivity index (χ1n) is 13.5. The van der Waals surface area contributed by atoms with Crippen LogP contribution in [0.1, 0.15) is 65.2 Å². The van der Waals surface area contributed by atoms with Crippen molar-refractivity contribution >= 4 is 16.6 Å². The maximum atomic E-state index is 12.4. The SMILES string of the molecule is C[C@@]12O[C@@](CCOc3cccc4c3CCCC4=O)(CC1O)c1c2c(O)n(-c2ccc(C#N)c3ccccc23)c1O. The predicted molar refractivity (Wildman–Crippen MR) is 146 cm³/mol. The molecule has 3 aromatic carbocycles. The van der Waals surface area contributed by atoms with Crippen LogP contribution in [0.3, 0.4) is 0 Å². The molecule has 1 aliphatic carbocycles. The van der Waals surface area contributed by atoms with Crippen LogP contribution in [0.15, 0.2) is 54.6 Å². The lowest BCUT2D eigenvalue weighted by Gasteiger charge is -2.27. The van der Waals surface area contributed by atoms with Gasteiger partial charge in [-0.3, -0.25) is 9.36 Å². The van der Waals surface area contributed by atoms with Gasteiger partial charge >= 0.3 is 0 Å². The van der Waals surface area contributed by atoms with Gasteiger partial charge in [-0.05, 0) is 38.0 Å². The van der Waals surface area contributed by atoms with Crippen molar-refractivity contribution in [3.8, 4) is 29.3 Å². The highest BCUT2D eigenvalue weighted by Crippen LogP contribution is 2.65. The minimum Gasteiger partial charge on any atom is -0.494 e. The summed E-state index contributed by atoms with van der Waals surface area (Å²) in [5.74, 6) is 0.415. The molecule has 3 aliphatic rings. The molecule has 0 spiro atoms. The van der Waals surface area contributed by atoms with Gasteiger partial charge in [0.05, 0.1) is 41.2 Å². The monoisotopic (exact) mass is 536 g/mol. The number of fused-ring (bicyclic) bond motifs is 7. The Morgan fingerprint density at radius 3 is 2.62 bits per heavy atom. The van der Waals surface area contributed by atoms with Crippen molar-refractivity contribution in [2.75, 3.05) is 6.61 Å². The Balaban J connectivity index is 1.29. The third-order valence-electron chi connectivity index (χ3n) is 8.93. The fraction of sp³-hybridized carbons (Fsp3) is 0.312. The van der Waals surface area contributed by atoms with E-state index in [0.29, 0.717) is 57.3 Å². The van der Waals surface area contributed by atoms with Crippen molar-refractivity contribution in [2.45, 2.75) is 56.3 Å². The van der Waals surface area contributed by atoms with Crippen LogP contribution in [0.2, 0.25) is 0 Å². The van der Waals surface area contributed by atoms with E-state index in [-0.39, 0.29) is 30.6 Å². The summed E-state index contributed by atoms with van der Waals surface area (Å²) in [5.41, 5.74) is 1.14. The molecule has 3 N–H and O–H groups in total. The molecular formula is C32H28N2O6. The smallest absolute Gasteiger partial charge is 0.205 e. The Kier molecular flexibility index (Phi) is 5.30. The molecule has 4 aromatic rings. The third-order valence-corrected chi connectivity index (χ3v) is 8.93. The molecule has 1 saturated heterocycles. The molecule has 8 heteroatoms. The van der Waals surface area contributed by atoms with E-state index in [1.807, 2.05) is 42.5 Å². The molecule has 202 valence electrons. The number of aromatic nitrogens is 1. The molecule has 1 fully saturated rings. The largest absolute Gasteiger partial charge is 0.494 e. The Morgan fingerprint density at radius 1 is 1.05 bits per heavy atom. The second-order valence-electron chi connectivity index (χ2n) is 11.1. The van der Waals surface area contributed by atoms with Gasteiger partial charge in [0, 0.05) is 41.2 Å².